The van der Waals surface area contributed by atoms with Gasteiger partial charge >= 0.3 is 5.97 Å². The number of ether oxygens (including phenoxy) is 1. The molecule has 3 aromatic carbocycles. The van der Waals surface area contributed by atoms with Crippen LogP contribution in [0.5, 0.6) is 5.75 Å². The van der Waals surface area contributed by atoms with Gasteiger partial charge in [0.1, 0.15) is 23.4 Å². The van der Waals surface area contributed by atoms with Crippen LogP contribution in [0.1, 0.15) is 50.4 Å². The molecule has 5 rings (SSSR count). The lowest BCUT2D eigenvalue weighted by molar-refractivity contribution is -0.143. The van der Waals surface area contributed by atoms with E-state index in [1.807, 2.05) is 0 Å². The number of anilines is 2. The van der Waals surface area contributed by atoms with E-state index in [9.17, 15) is 23.1 Å². The van der Waals surface area contributed by atoms with Crippen molar-refractivity contribution in [3.05, 3.63) is 89.9 Å². The number of carboxylic acids is 1. The number of nitrogens with one attached hydrogen (secondary N) is 1. The van der Waals surface area contributed by atoms with Crippen molar-refractivity contribution in [1.29, 1.82) is 0 Å². The first-order chi connectivity index (χ1) is 21.4. The minimum atomic E-state index is -3.85. The SMILES string of the molecule is CCOc1ccc(F)c([C@@H](Nc2ccc3c(N)nccc3c2)C(=O)N2CC[C@H](C(=O)O)[C@@H]2c2ccccc2S(=O)(=O)C(C)C)c1. The molecule has 1 aliphatic heterocycles. The minimum Gasteiger partial charge on any atom is -0.494 e. The second-order valence-corrected chi connectivity index (χ2v) is 13.6. The maximum absolute atomic E-state index is 15.6. The van der Waals surface area contributed by atoms with Gasteiger partial charge in [-0.3, -0.25) is 9.59 Å². The summed E-state index contributed by atoms with van der Waals surface area (Å²) in [6, 6.07) is 14.8. The van der Waals surface area contributed by atoms with Crippen molar-refractivity contribution < 1.29 is 32.2 Å². The van der Waals surface area contributed by atoms with Crippen molar-refractivity contribution in [3.8, 4) is 5.75 Å². The van der Waals surface area contributed by atoms with E-state index in [2.05, 4.69) is 10.3 Å². The third-order valence-electron chi connectivity index (χ3n) is 8.11. The topological polar surface area (TPSA) is 152 Å². The van der Waals surface area contributed by atoms with Crippen LogP contribution in [0.25, 0.3) is 10.8 Å². The van der Waals surface area contributed by atoms with Crippen LogP contribution in [-0.2, 0) is 19.4 Å². The monoisotopic (exact) mass is 634 g/mol. The van der Waals surface area contributed by atoms with Gasteiger partial charge in [0.15, 0.2) is 9.84 Å². The Morgan fingerprint density at radius 2 is 1.89 bits per heavy atom. The Bertz CT molecular complexity index is 1870. The Kier molecular flexibility index (Phi) is 8.96. The molecule has 45 heavy (non-hydrogen) atoms. The quantitative estimate of drug-likeness (QED) is 0.209. The van der Waals surface area contributed by atoms with Crippen LogP contribution in [0.4, 0.5) is 15.9 Å². The fourth-order valence-electron chi connectivity index (χ4n) is 5.82. The first-order valence-corrected chi connectivity index (χ1v) is 16.2. The Morgan fingerprint density at radius 1 is 1.13 bits per heavy atom. The lowest BCUT2D eigenvalue weighted by Crippen LogP contribution is -2.40. The van der Waals surface area contributed by atoms with Crippen molar-refractivity contribution in [2.75, 3.05) is 24.2 Å². The van der Waals surface area contributed by atoms with Gasteiger partial charge in [-0.25, -0.2) is 17.8 Å². The molecule has 0 bridgehead atoms. The molecule has 1 amide bonds. The number of carbonyl (C=O) groups excluding carboxylic acids is 1. The lowest BCUT2D eigenvalue weighted by atomic mass is 9.93. The van der Waals surface area contributed by atoms with E-state index in [0.29, 0.717) is 29.2 Å². The molecule has 3 atom stereocenters. The van der Waals surface area contributed by atoms with E-state index in [-0.39, 0.29) is 29.0 Å². The summed E-state index contributed by atoms with van der Waals surface area (Å²) in [6.45, 7) is 5.19. The summed E-state index contributed by atoms with van der Waals surface area (Å²) >= 11 is 0. The van der Waals surface area contributed by atoms with E-state index in [0.717, 1.165) is 5.39 Å². The molecule has 4 aromatic rings. The van der Waals surface area contributed by atoms with Crippen molar-refractivity contribution in [3.63, 3.8) is 0 Å². The molecule has 10 nitrogen and oxygen atoms in total. The van der Waals surface area contributed by atoms with Crippen LogP contribution in [0.15, 0.2) is 77.8 Å². The van der Waals surface area contributed by atoms with Crippen LogP contribution in [-0.4, -0.2) is 53.7 Å². The molecular weight excluding hydrogens is 599 g/mol. The normalized spacial score (nSPS) is 17.4. The summed E-state index contributed by atoms with van der Waals surface area (Å²) in [6.07, 6.45) is 1.64. The molecule has 1 fully saturated rings. The van der Waals surface area contributed by atoms with Gasteiger partial charge in [-0.05, 0) is 86.7 Å². The third-order valence-corrected chi connectivity index (χ3v) is 10.3. The zero-order chi connectivity index (χ0) is 32.5. The number of fused-ring (bicyclic) bond motifs is 1. The molecule has 0 aliphatic carbocycles. The number of pyridine rings is 1. The van der Waals surface area contributed by atoms with Crippen LogP contribution in [0, 0.1) is 11.7 Å². The lowest BCUT2D eigenvalue weighted by Gasteiger charge is -2.33. The highest BCUT2D eigenvalue weighted by Gasteiger charge is 2.46. The summed E-state index contributed by atoms with van der Waals surface area (Å²) in [4.78, 5) is 32.5. The summed E-state index contributed by atoms with van der Waals surface area (Å²) in [5, 5.41) is 14.0. The van der Waals surface area contributed by atoms with Gasteiger partial charge in [0.25, 0.3) is 0 Å². The molecule has 2 heterocycles. The fourth-order valence-corrected chi connectivity index (χ4v) is 7.11. The molecule has 4 N–H and O–H groups in total. The van der Waals surface area contributed by atoms with Crippen LogP contribution in [0.2, 0.25) is 0 Å². The number of sulfone groups is 1. The smallest absolute Gasteiger partial charge is 0.309 e. The Balaban J connectivity index is 1.64. The summed E-state index contributed by atoms with van der Waals surface area (Å²) in [5.74, 6) is -2.87. The van der Waals surface area contributed by atoms with E-state index in [4.69, 9.17) is 10.5 Å². The molecule has 0 unspecified atom stereocenters. The second-order valence-electron chi connectivity index (χ2n) is 11.2. The van der Waals surface area contributed by atoms with Crippen molar-refractivity contribution in [1.82, 2.24) is 9.88 Å². The molecule has 0 radical (unpaired) electrons. The zero-order valence-electron chi connectivity index (χ0n) is 25.1. The van der Waals surface area contributed by atoms with Crippen LogP contribution >= 0.6 is 0 Å². The van der Waals surface area contributed by atoms with E-state index >= 15 is 4.39 Å². The molecule has 1 saturated heterocycles. The summed E-state index contributed by atoms with van der Waals surface area (Å²) in [5.41, 5.74) is 6.69. The number of aliphatic carboxylic acids is 1. The number of hydrogen-bond acceptors (Lipinski definition) is 8. The maximum atomic E-state index is 15.6. The highest BCUT2D eigenvalue weighted by molar-refractivity contribution is 7.92. The Hall–Kier alpha value is -4.71. The number of nitrogens with zero attached hydrogens (tertiary/aromatic N) is 2. The van der Waals surface area contributed by atoms with E-state index in [1.165, 1.54) is 29.2 Å². The van der Waals surface area contributed by atoms with Crippen molar-refractivity contribution in [2.24, 2.45) is 5.92 Å². The standard InChI is InChI=1S/C33H35FN4O6S/c1-4-44-22-10-12-27(34)26(18-22)29(37-21-9-11-23-20(17-21)13-15-36-31(23)35)32(39)38-16-14-25(33(40)41)30(38)24-7-5-6-8-28(24)45(42,43)19(2)3/h5-13,15,17-19,25,29-30,37H,4,14,16H2,1-3H3,(H2,35,36)(H,40,41)/t25-,29+,30-/m0/s1. The van der Waals surface area contributed by atoms with Crippen LogP contribution in [0.3, 0.4) is 0 Å². The predicted molar refractivity (Wildman–Crippen MR) is 169 cm³/mol. The van der Waals surface area contributed by atoms with E-state index < -0.39 is 50.8 Å². The van der Waals surface area contributed by atoms with Gasteiger partial charge in [-0.1, -0.05) is 18.2 Å². The number of likely N-dealkylation sites (tertiary alicyclic amines) is 1. The average molecular weight is 635 g/mol. The Labute approximate surface area is 260 Å². The maximum Gasteiger partial charge on any atom is 0.309 e. The van der Waals surface area contributed by atoms with Gasteiger partial charge in [-0.15, -0.1) is 0 Å². The molecule has 1 aromatic heterocycles. The molecule has 236 valence electrons. The predicted octanol–water partition coefficient (Wildman–Crippen LogP) is 5.36. The van der Waals surface area contributed by atoms with Gasteiger partial charge in [0.05, 0.1) is 28.7 Å². The first kappa shape index (κ1) is 31.7. The van der Waals surface area contributed by atoms with Gasteiger partial charge in [0, 0.05) is 29.4 Å². The summed E-state index contributed by atoms with van der Waals surface area (Å²) < 4.78 is 48.0. The number of nitrogen functional groups attached to an aromatic ring is 1. The highest BCUT2D eigenvalue weighted by Crippen LogP contribution is 2.43. The number of hydrogen-bond donors (Lipinski definition) is 3. The van der Waals surface area contributed by atoms with Crippen molar-refractivity contribution >= 4 is 44.0 Å². The summed E-state index contributed by atoms with van der Waals surface area (Å²) in [7, 11) is -3.85. The Morgan fingerprint density at radius 3 is 2.60 bits per heavy atom. The molecule has 12 heteroatoms. The molecule has 0 saturated carbocycles. The van der Waals surface area contributed by atoms with Crippen molar-refractivity contribution in [2.45, 2.75) is 49.4 Å². The second kappa shape index (κ2) is 12.7. The number of benzene rings is 3. The fraction of sp³-hybridized carbons (Fsp3) is 0.303. The van der Waals surface area contributed by atoms with Gasteiger partial charge < -0.3 is 25.8 Å². The number of aromatic nitrogens is 1. The number of halogens is 1. The largest absolute Gasteiger partial charge is 0.494 e. The number of carbonyl (C=O) groups is 2. The number of nitrogens with two attached hydrogens (primary N) is 1. The minimum absolute atomic E-state index is 0.0131. The zero-order valence-corrected chi connectivity index (χ0v) is 25.9. The number of carboxylic acid groups (broad SMARTS) is 1. The molecule has 0 spiro atoms. The van der Waals surface area contributed by atoms with Crippen LogP contribution < -0.4 is 15.8 Å². The molecular formula is C33H35FN4O6S. The highest BCUT2D eigenvalue weighted by atomic mass is 32.2. The third kappa shape index (κ3) is 6.15. The van der Waals surface area contributed by atoms with E-state index in [1.54, 1.807) is 69.4 Å². The first-order valence-electron chi connectivity index (χ1n) is 14.6. The average Bonchev–Trinajstić information content (AvgIpc) is 3.46. The molecule has 1 aliphatic rings. The number of rotatable bonds is 10. The van der Waals surface area contributed by atoms with Gasteiger partial charge in [0.2, 0.25) is 5.91 Å². The number of amides is 1. The van der Waals surface area contributed by atoms with Gasteiger partial charge in [-0.2, -0.15) is 0 Å².